The maximum Gasteiger partial charge on any atom is 0.137 e. The van der Waals surface area contributed by atoms with Crippen molar-refractivity contribution in [3.63, 3.8) is 0 Å². The van der Waals surface area contributed by atoms with E-state index in [1.165, 1.54) is 18.5 Å². The molecule has 0 aliphatic heterocycles. The van der Waals surface area contributed by atoms with Crippen LogP contribution in [0.1, 0.15) is 18.9 Å². The van der Waals surface area contributed by atoms with Gasteiger partial charge in [-0.3, -0.25) is 0 Å². The van der Waals surface area contributed by atoms with Gasteiger partial charge in [0.15, 0.2) is 0 Å². The fraction of sp³-hybridized carbons (Fsp3) is 0.500. The van der Waals surface area contributed by atoms with E-state index in [-0.39, 0.29) is 0 Å². The number of methoxy groups -OCH3 is 1. The molecule has 2 nitrogen and oxygen atoms in total. The Hall–Kier alpha value is -0.730. The maximum absolute atomic E-state index is 5.95. The molecule has 0 spiro atoms. The highest BCUT2D eigenvalue weighted by molar-refractivity contribution is 6.32. The summed E-state index contributed by atoms with van der Waals surface area (Å²) in [5.74, 6) is 0.768. The van der Waals surface area contributed by atoms with Crippen LogP contribution in [-0.4, -0.2) is 20.2 Å². The van der Waals surface area contributed by atoms with Crippen LogP contribution in [0.25, 0.3) is 0 Å². The molecule has 84 valence electrons. The summed E-state index contributed by atoms with van der Waals surface area (Å²) in [4.78, 5) is 0. The Labute approximate surface area is 96.6 Å². The molecule has 0 saturated heterocycles. The lowest BCUT2D eigenvalue weighted by Gasteiger charge is -2.06. The van der Waals surface area contributed by atoms with E-state index in [1.54, 1.807) is 7.11 Å². The lowest BCUT2D eigenvalue weighted by atomic mass is 10.1. The fourth-order valence-electron chi connectivity index (χ4n) is 1.48. The minimum atomic E-state index is 0.679. The van der Waals surface area contributed by atoms with E-state index in [0.717, 1.165) is 18.7 Å². The molecule has 0 aliphatic carbocycles. The molecular weight excluding hydrogens is 210 g/mol. The molecule has 0 aliphatic rings. The van der Waals surface area contributed by atoms with Gasteiger partial charge in [0.05, 0.1) is 25.2 Å². The zero-order chi connectivity index (χ0) is 11.1. The number of hydrogen-bond acceptors (Lipinski definition) is 1. The van der Waals surface area contributed by atoms with Crippen molar-refractivity contribution in [3.8, 4) is 5.75 Å². The van der Waals surface area contributed by atoms with Crippen LogP contribution >= 0.6 is 11.6 Å². The Morgan fingerprint density at radius 3 is 2.80 bits per heavy atom. The van der Waals surface area contributed by atoms with E-state index < -0.39 is 0 Å². The van der Waals surface area contributed by atoms with Gasteiger partial charge in [0.25, 0.3) is 0 Å². The van der Waals surface area contributed by atoms with E-state index in [1.807, 2.05) is 12.1 Å². The Kier molecular flexibility index (Phi) is 5.51. The first kappa shape index (κ1) is 12.3. The molecule has 1 rings (SSSR count). The third-order valence-corrected chi connectivity index (χ3v) is 2.66. The predicted octanol–water partition coefficient (Wildman–Crippen LogP) is 1.86. The van der Waals surface area contributed by atoms with Crippen molar-refractivity contribution < 1.29 is 10.1 Å². The van der Waals surface area contributed by atoms with Gasteiger partial charge in [0, 0.05) is 6.42 Å². The third kappa shape index (κ3) is 4.10. The summed E-state index contributed by atoms with van der Waals surface area (Å²) in [7, 11) is 1.65. The van der Waals surface area contributed by atoms with Crippen LogP contribution in [0.15, 0.2) is 18.2 Å². The number of benzene rings is 1. The molecule has 0 saturated carbocycles. The largest absolute Gasteiger partial charge is 0.495 e. The van der Waals surface area contributed by atoms with Crippen LogP contribution in [0, 0.1) is 0 Å². The monoisotopic (exact) mass is 228 g/mol. The average molecular weight is 229 g/mol. The second-order valence-electron chi connectivity index (χ2n) is 3.58. The van der Waals surface area contributed by atoms with E-state index >= 15 is 0 Å². The van der Waals surface area contributed by atoms with Crippen LogP contribution in [0.4, 0.5) is 0 Å². The standard InChI is InChI=1S/C12H18ClNO/c1-3-7-14-8-6-10-4-5-11(13)12(9-10)15-2/h4-5,9,14H,3,6-8H2,1-2H3/p+1. The van der Waals surface area contributed by atoms with Gasteiger partial charge >= 0.3 is 0 Å². The first-order valence-electron chi connectivity index (χ1n) is 5.42. The number of ether oxygens (including phenoxy) is 1. The highest BCUT2D eigenvalue weighted by Crippen LogP contribution is 2.24. The second kappa shape index (κ2) is 6.70. The number of rotatable bonds is 6. The molecule has 15 heavy (non-hydrogen) atoms. The van der Waals surface area contributed by atoms with Crippen molar-refractivity contribution in [1.82, 2.24) is 0 Å². The van der Waals surface area contributed by atoms with Crippen molar-refractivity contribution in [2.75, 3.05) is 20.2 Å². The molecule has 0 atom stereocenters. The van der Waals surface area contributed by atoms with E-state index in [9.17, 15) is 0 Å². The first-order valence-corrected chi connectivity index (χ1v) is 5.79. The van der Waals surface area contributed by atoms with Crippen molar-refractivity contribution in [2.24, 2.45) is 0 Å². The molecular formula is C12H19ClNO+. The molecule has 0 heterocycles. The van der Waals surface area contributed by atoms with Crippen LogP contribution in [-0.2, 0) is 6.42 Å². The van der Waals surface area contributed by atoms with Gasteiger partial charge in [-0.1, -0.05) is 24.6 Å². The lowest BCUT2D eigenvalue weighted by Crippen LogP contribution is -2.84. The topological polar surface area (TPSA) is 25.8 Å². The molecule has 1 aromatic carbocycles. The predicted molar refractivity (Wildman–Crippen MR) is 63.7 cm³/mol. The molecule has 0 amide bonds. The van der Waals surface area contributed by atoms with Crippen LogP contribution in [0.2, 0.25) is 5.02 Å². The summed E-state index contributed by atoms with van der Waals surface area (Å²) in [5.41, 5.74) is 1.28. The Morgan fingerprint density at radius 1 is 1.33 bits per heavy atom. The Morgan fingerprint density at radius 2 is 2.13 bits per heavy atom. The SMILES string of the molecule is CCC[NH2+]CCc1ccc(Cl)c(OC)c1. The van der Waals surface area contributed by atoms with Crippen molar-refractivity contribution >= 4 is 11.6 Å². The van der Waals surface area contributed by atoms with E-state index in [2.05, 4.69) is 18.3 Å². The van der Waals surface area contributed by atoms with Gasteiger partial charge in [-0.05, 0) is 24.1 Å². The quantitative estimate of drug-likeness (QED) is 0.740. The maximum atomic E-state index is 5.95. The summed E-state index contributed by atoms with van der Waals surface area (Å²) >= 11 is 5.95. The number of quaternary nitrogens is 1. The van der Waals surface area contributed by atoms with Gasteiger partial charge in [0.2, 0.25) is 0 Å². The average Bonchev–Trinajstić information content (AvgIpc) is 2.26. The van der Waals surface area contributed by atoms with Gasteiger partial charge in [0.1, 0.15) is 5.75 Å². The molecule has 0 fully saturated rings. The number of hydrogen-bond donors (Lipinski definition) is 1. The molecule has 0 radical (unpaired) electrons. The molecule has 3 heteroatoms. The summed E-state index contributed by atoms with van der Waals surface area (Å²) in [6.45, 7) is 4.52. The first-order chi connectivity index (χ1) is 7.27. The zero-order valence-electron chi connectivity index (χ0n) is 9.42. The lowest BCUT2D eigenvalue weighted by molar-refractivity contribution is -0.654. The smallest absolute Gasteiger partial charge is 0.137 e. The van der Waals surface area contributed by atoms with E-state index in [0.29, 0.717) is 5.02 Å². The Bertz CT molecular complexity index is 302. The van der Waals surface area contributed by atoms with Gasteiger partial charge in [-0.2, -0.15) is 0 Å². The summed E-state index contributed by atoms with van der Waals surface area (Å²) in [6.07, 6.45) is 2.29. The summed E-state index contributed by atoms with van der Waals surface area (Å²) in [6, 6.07) is 5.97. The molecule has 0 unspecified atom stereocenters. The van der Waals surface area contributed by atoms with Crippen LogP contribution in [0.5, 0.6) is 5.75 Å². The van der Waals surface area contributed by atoms with Gasteiger partial charge < -0.3 is 10.1 Å². The normalized spacial score (nSPS) is 10.3. The highest BCUT2D eigenvalue weighted by atomic mass is 35.5. The van der Waals surface area contributed by atoms with Crippen molar-refractivity contribution in [1.29, 1.82) is 0 Å². The highest BCUT2D eigenvalue weighted by Gasteiger charge is 2.02. The molecule has 0 aromatic heterocycles. The number of nitrogens with two attached hydrogens (primary N) is 1. The van der Waals surface area contributed by atoms with E-state index in [4.69, 9.17) is 16.3 Å². The minimum Gasteiger partial charge on any atom is -0.495 e. The summed E-state index contributed by atoms with van der Waals surface area (Å²) < 4.78 is 5.17. The summed E-state index contributed by atoms with van der Waals surface area (Å²) in [5, 5.41) is 3.01. The second-order valence-corrected chi connectivity index (χ2v) is 3.99. The van der Waals surface area contributed by atoms with Crippen LogP contribution < -0.4 is 10.1 Å². The van der Waals surface area contributed by atoms with Gasteiger partial charge in [-0.15, -0.1) is 0 Å². The van der Waals surface area contributed by atoms with Crippen molar-refractivity contribution in [3.05, 3.63) is 28.8 Å². The van der Waals surface area contributed by atoms with Gasteiger partial charge in [-0.25, -0.2) is 0 Å². The minimum absolute atomic E-state index is 0.679. The number of halogens is 1. The van der Waals surface area contributed by atoms with Crippen LogP contribution in [0.3, 0.4) is 0 Å². The van der Waals surface area contributed by atoms with Crippen molar-refractivity contribution in [2.45, 2.75) is 19.8 Å². The Balaban J connectivity index is 2.47. The third-order valence-electron chi connectivity index (χ3n) is 2.35. The molecule has 2 N–H and O–H groups in total. The fourth-order valence-corrected chi connectivity index (χ4v) is 1.67. The molecule has 0 bridgehead atoms. The zero-order valence-corrected chi connectivity index (χ0v) is 10.2. The molecule has 1 aromatic rings.